The summed E-state index contributed by atoms with van der Waals surface area (Å²) in [5, 5.41) is 1.79. The Labute approximate surface area is 168 Å². The van der Waals surface area contributed by atoms with Gasteiger partial charge in [0.15, 0.2) is 0 Å². The second kappa shape index (κ2) is 8.93. The molecule has 0 aliphatic heterocycles. The standard InChI is InChI=1S/C18H15BrClN3O2S/c1-3-12(19)6-7-14(21)16-15(8-10-26-16)23(11(2)24)18(25)13-5-4-9-22-17(13)20/h3-10H,1,21H2,2H3/b12-6+,14-7-. The highest BCUT2D eigenvalue weighted by Gasteiger charge is 2.27. The molecule has 0 aliphatic carbocycles. The monoisotopic (exact) mass is 451 g/mol. The molecule has 2 rings (SSSR count). The molecule has 0 saturated carbocycles. The molecule has 0 unspecified atom stereocenters. The number of amides is 2. The van der Waals surface area contributed by atoms with Gasteiger partial charge in [-0.05, 0) is 35.7 Å². The second-order valence-corrected chi connectivity index (χ2v) is 7.20. The Balaban J connectivity index is 2.49. The lowest BCUT2D eigenvalue weighted by molar-refractivity contribution is -0.115. The molecule has 8 heteroatoms. The molecule has 2 amide bonds. The van der Waals surface area contributed by atoms with Gasteiger partial charge in [-0.25, -0.2) is 9.88 Å². The number of pyridine rings is 1. The third-order valence-electron chi connectivity index (χ3n) is 3.27. The van der Waals surface area contributed by atoms with Crippen molar-refractivity contribution in [2.75, 3.05) is 4.90 Å². The molecule has 2 heterocycles. The van der Waals surface area contributed by atoms with Crippen LogP contribution in [0.5, 0.6) is 0 Å². The van der Waals surface area contributed by atoms with E-state index in [1.165, 1.54) is 30.5 Å². The summed E-state index contributed by atoms with van der Waals surface area (Å²) in [4.78, 5) is 30.6. The van der Waals surface area contributed by atoms with Crippen LogP contribution in [0.1, 0.15) is 22.2 Å². The number of anilines is 1. The third-order valence-corrected chi connectivity index (χ3v) is 5.11. The van der Waals surface area contributed by atoms with Crippen LogP contribution in [0.25, 0.3) is 5.70 Å². The zero-order chi connectivity index (χ0) is 19.3. The van der Waals surface area contributed by atoms with E-state index in [4.69, 9.17) is 17.3 Å². The predicted octanol–water partition coefficient (Wildman–Crippen LogP) is 4.75. The van der Waals surface area contributed by atoms with Gasteiger partial charge in [-0.1, -0.05) is 40.2 Å². The molecule has 0 saturated heterocycles. The topological polar surface area (TPSA) is 76.3 Å². The van der Waals surface area contributed by atoms with Crippen molar-refractivity contribution < 1.29 is 9.59 Å². The van der Waals surface area contributed by atoms with E-state index in [9.17, 15) is 9.59 Å². The van der Waals surface area contributed by atoms with Crippen LogP contribution in [-0.4, -0.2) is 16.8 Å². The first-order chi connectivity index (χ1) is 12.4. The predicted molar refractivity (Wildman–Crippen MR) is 110 cm³/mol. The highest BCUT2D eigenvalue weighted by molar-refractivity contribution is 9.11. The molecule has 0 aliphatic rings. The summed E-state index contributed by atoms with van der Waals surface area (Å²) >= 11 is 10.6. The van der Waals surface area contributed by atoms with Crippen LogP contribution in [-0.2, 0) is 4.79 Å². The van der Waals surface area contributed by atoms with Crippen molar-refractivity contribution >= 4 is 62.1 Å². The lowest BCUT2D eigenvalue weighted by Crippen LogP contribution is -2.35. The van der Waals surface area contributed by atoms with Crippen LogP contribution >= 0.6 is 38.9 Å². The number of carbonyl (C=O) groups excluding carboxylic acids is 2. The van der Waals surface area contributed by atoms with E-state index < -0.39 is 11.8 Å². The Morgan fingerprint density at radius 2 is 2.12 bits per heavy atom. The summed E-state index contributed by atoms with van der Waals surface area (Å²) < 4.78 is 0.750. The van der Waals surface area contributed by atoms with E-state index >= 15 is 0 Å². The summed E-state index contributed by atoms with van der Waals surface area (Å²) in [5.74, 6) is -1.02. The average molecular weight is 453 g/mol. The van der Waals surface area contributed by atoms with Gasteiger partial charge in [0.2, 0.25) is 5.91 Å². The summed E-state index contributed by atoms with van der Waals surface area (Å²) in [5.41, 5.74) is 7.07. The maximum Gasteiger partial charge on any atom is 0.268 e. The van der Waals surface area contributed by atoms with Crippen LogP contribution in [0.4, 0.5) is 5.69 Å². The molecule has 26 heavy (non-hydrogen) atoms. The summed E-state index contributed by atoms with van der Waals surface area (Å²) in [6, 6.07) is 4.76. The van der Waals surface area contributed by atoms with E-state index in [1.807, 2.05) is 0 Å². The van der Waals surface area contributed by atoms with Gasteiger partial charge in [0, 0.05) is 17.6 Å². The maximum atomic E-state index is 12.9. The molecule has 2 aromatic rings. The van der Waals surface area contributed by atoms with Crippen LogP contribution in [0.2, 0.25) is 5.15 Å². The van der Waals surface area contributed by atoms with E-state index in [2.05, 4.69) is 27.5 Å². The molecule has 0 radical (unpaired) electrons. The lowest BCUT2D eigenvalue weighted by Gasteiger charge is -2.20. The first-order valence-electron chi connectivity index (χ1n) is 7.35. The Morgan fingerprint density at radius 1 is 1.38 bits per heavy atom. The second-order valence-electron chi connectivity index (χ2n) is 5.01. The van der Waals surface area contributed by atoms with Crippen LogP contribution < -0.4 is 10.6 Å². The highest BCUT2D eigenvalue weighted by Crippen LogP contribution is 2.32. The van der Waals surface area contributed by atoms with Crippen LogP contribution in [0.3, 0.4) is 0 Å². The Bertz CT molecular complexity index is 921. The Hall–Kier alpha value is -2.22. The molecule has 0 spiro atoms. The van der Waals surface area contributed by atoms with Crippen molar-refractivity contribution in [3.63, 3.8) is 0 Å². The fourth-order valence-corrected chi connectivity index (χ4v) is 3.25. The molecule has 0 aromatic carbocycles. The molecular formula is C18H15BrClN3O2S. The van der Waals surface area contributed by atoms with Crippen molar-refractivity contribution in [3.8, 4) is 0 Å². The Kier molecular flexibility index (Phi) is 6.90. The highest BCUT2D eigenvalue weighted by atomic mass is 79.9. The number of hydrogen-bond donors (Lipinski definition) is 1. The van der Waals surface area contributed by atoms with Gasteiger partial charge in [0.1, 0.15) is 5.15 Å². The number of allylic oxidation sites excluding steroid dienone is 4. The fraction of sp³-hybridized carbons (Fsp3) is 0.0556. The van der Waals surface area contributed by atoms with E-state index in [1.54, 1.807) is 35.7 Å². The van der Waals surface area contributed by atoms with Gasteiger partial charge in [-0.2, -0.15) is 0 Å². The number of nitrogens with zero attached hydrogens (tertiary/aromatic N) is 2. The first-order valence-corrected chi connectivity index (χ1v) is 9.40. The third kappa shape index (κ3) is 4.49. The van der Waals surface area contributed by atoms with Crippen molar-refractivity contribution in [2.24, 2.45) is 5.73 Å². The number of halogens is 2. The zero-order valence-corrected chi connectivity index (χ0v) is 16.9. The van der Waals surface area contributed by atoms with Crippen LogP contribution in [0, 0.1) is 0 Å². The molecule has 2 N–H and O–H groups in total. The zero-order valence-electron chi connectivity index (χ0n) is 13.8. The largest absolute Gasteiger partial charge is 0.398 e. The smallest absolute Gasteiger partial charge is 0.268 e. The average Bonchev–Trinajstić information content (AvgIpc) is 3.08. The van der Waals surface area contributed by atoms with Gasteiger partial charge in [-0.3, -0.25) is 9.59 Å². The van der Waals surface area contributed by atoms with Crippen molar-refractivity contribution in [3.05, 3.63) is 74.7 Å². The van der Waals surface area contributed by atoms with Gasteiger partial charge >= 0.3 is 0 Å². The normalized spacial score (nSPS) is 12.0. The van der Waals surface area contributed by atoms with Crippen molar-refractivity contribution in [2.45, 2.75) is 6.92 Å². The lowest BCUT2D eigenvalue weighted by atomic mass is 10.2. The summed E-state index contributed by atoms with van der Waals surface area (Å²) in [6.07, 6.45) is 6.48. The molecule has 134 valence electrons. The van der Waals surface area contributed by atoms with Crippen molar-refractivity contribution in [1.29, 1.82) is 0 Å². The molecule has 0 fully saturated rings. The number of rotatable bonds is 5. The molecule has 5 nitrogen and oxygen atoms in total. The van der Waals surface area contributed by atoms with Crippen LogP contribution in [0.15, 0.2) is 59.1 Å². The molecular weight excluding hydrogens is 438 g/mol. The van der Waals surface area contributed by atoms with Gasteiger partial charge in [-0.15, -0.1) is 11.3 Å². The minimum absolute atomic E-state index is 0.0295. The van der Waals surface area contributed by atoms with E-state index in [-0.39, 0.29) is 10.7 Å². The van der Waals surface area contributed by atoms with E-state index in [0.29, 0.717) is 16.3 Å². The first kappa shape index (κ1) is 20.1. The maximum absolute atomic E-state index is 12.9. The SMILES string of the molecule is C=C/C(Br)=C\C=C(/N)c1sccc1N(C(C)=O)C(=O)c1cccnc1Cl. The summed E-state index contributed by atoms with van der Waals surface area (Å²) in [6.45, 7) is 4.94. The number of hydrogen-bond acceptors (Lipinski definition) is 5. The number of nitrogens with two attached hydrogens (primary N) is 1. The number of thiophene rings is 1. The fourth-order valence-electron chi connectivity index (χ4n) is 2.10. The van der Waals surface area contributed by atoms with E-state index in [0.717, 1.165) is 9.38 Å². The number of aromatic nitrogens is 1. The van der Waals surface area contributed by atoms with Gasteiger partial charge in [0.25, 0.3) is 5.91 Å². The molecule has 2 aromatic heterocycles. The number of carbonyl (C=O) groups is 2. The Morgan fingerprint density at radius 3 is 2.73 bits per heavy atom. The minimum atomic E-state index is -0.564. The number of imide groups is 1. The summed E-state index contributed by atoms with van der Waals surface area (Å²) in [7, 11) is 0. The quantitative estimate of drug-likeness (QED) is 0.524. The molecule has 0 bridgehead atoms. The molecule has 0 atom stereocenters. The van der Waals surface area contributed by atoms with Gasteiger partial charge in [0.05, 0.1) is 21.8 Å². The minimum Gasteiger partial charge on any atom is -0.398 e. The van der Waals surface area contributed by atoms with Gasteiger partial charge < -0.3 is 5.73 Å². The van der Waals surface area contributed by atoms with Crippen molar-refractivity contribution in [1.82, 2.24) is 4.98 Å².